The van der Waals surface area contributed by atoms with Crippen molar-refractivity contribution in [3.63, 3.8) is 0 Å². The van der Waals surface area contributed by atoms with Crippen molar-refractivity contribution in [3.05, 3.63) is 58.8 Å². The Hall–Kier alpha value is -1.87. The molecule has 0 radical (unpaired) electrons. The van der Waals surface area contributed by atoms with E-state index in [4.69, 9.17) is 4.42 Å². The molecule has 0 fully saturated rings. The molecule has 0 bridgehead atoms. The Morgan fingerprint density at radius 3 is 2.50 bits per heavy atom. The van der Waals surface area contributed by atoms with Gasteiger partial charge in [0.15, 0.2) is 12.0 Å². The van der Waals surface area contributed by atoms with E-state index in [1.54, 1.807) is 6.07 Å². The lowest BCUT2D eigenvalue weighted by molar-refractivity contribution is 0.110. The van der Waals surface area contributed by atoms with Crippen molar-refractivity contribution < 1.29 is 9.21 Å². The first-order valence-corrected chi connectivity index (χ1v) is 6.31. The zero-order chi connectivity index (χ0) is 12.5. The van der Waals surface area contributed by atoms with Crippen LogP contribution in [0.1, 0.15) is 10.6 Å². The highest BCUT2D eigenvalue weighted by Crippen LogP contribution is 2.33. The number of carbonyl (C=O) groups excluding carboxylic acids is 1. The Balaban J connectivity index is 2.29. The van der Waals surface area contributed by atoms with Crippen LogP contribution < -0.4 is 0 Å². The summed E-state index contributed by atoms with van der Waals surface area (Å²) in [4.78, 5) is 10.7. The van der Waals surface area contributed by atoms with Crippen molar-refractivity contribution in [1.29, 1.82) is 0 Å². The van der Waals surface area contributed by atoms with Crippen LogP contribution in [0.5, 0.6) is 0 Å². The Morgan fingerprint density at radius 1 is 0.944 bits per heavy atom. The average molecular weight is 301 g/mol. The summed E-state index contributed by atoms with van der Waals surface area (Å²) in [6.07, 6.45) is 0.713. The van der Waals surface area contributed by atoms with Gasteiger partial charge in [-0.1, -0.05) is 46.3 Å². The quantitative estimate of drug-likeness (QED) is 0.644. The fraction of sp³-hybridized carbons (Fsp3) is 0. The van der Waals surface area contributed by atoms with E-state index in [0.717, 1.165) is 20.8 Å². The number of carbonyl (C=O) groups is 1. The van der Waals surface area contributed by atoms with E-state index in [1.165, 1.54) is 0 Å². The molecule has 0 aliphatic heterocycles. The predicted octanol–water partition coefficient (Wildman–Crippen LogP) is 4.67. The lowest BCUT2D eigenvalue weighted by Gasteiger charge is -2.05. The van der Waals surface area contributed by atoms with Gasteiger partial charge in [0.25, 0.3) is 0 Å². The molecule has 2 aromatic carbocycles. The van der Waals surface area contributed by atoms with Crippen LogP contribution in [0.3, 0.4) is 0 Å². The fourth-order valence-corrected chi connectivity index (χ4v) is 2.55. The molecule has 0 saturated carbocycles. The molecule has 18 heavy (non-hydrogen) atoms. The monoisotopic (exact) mass is 300 g/mol. The number of rotatable bonds is 2. The third kappa shape index (κ3) is 1.77. The summed E-state index contributed by atoms with van der Waals surface area (Å²) in [6.45, 7) is 0. The van der Waals surface area contributed by atoms with Crippen LogP contribution in [0.15, 0.2) is 57.4 Å². The molecule has 0 unspecified atom stereocenters. The second-order valence-electron chi connectivity index (χ2n) is 3.96. The number of hydrogen-bond acceptors (Lipinski definition) is 2. The molecule has 3 heteroatoms. The summed E-state index contributed by atoms with van der Waals surface area (Å²) in [5, 5.41) is 2.22. The molecular weight excluding hydrogens is 292 g/mol. The SMILES string of the molecule is O=Cc1ccc(-c2cccc3c(Br)cccc23)o1. The molecule has 0 aliphatic carbocycles. The van der Waals surface area contributed by atoms with Gasteiger partial charge in [-0.3, -0.25) is 4.79 Å². The molecule has 0 spiro atoms. The van der Waals surface area contributed by atoms with Gasteiger partial charge < -0.3 is 4.42 Å². The first-order valence-electron chi connectivity index (χ1n) is 5.52. The zero-order valence-electron chi connectivity index (χ0n) is 9.39. The van der Waals surface area contributed by atoms with Gasteiger partial charge in [0.2, 0.25) is 0 Å². The van der Waals surface area contributed by atoms with Gasteiger partial charge in [-0.2, -0.15) is 0 Å². The van der Waals surface area contributed by atoms with Crippen LogP contribution in [0.4, 0.5) is 0 Å². The molecule has 0 atom stereocenters. The third-order valence-electron chi connectivity index (χ3n) is 2.88. The number of hydrogen-bond donors (Lipinski definition) is 0. The van der Waals surface area contributed by atoms with Gasteiger partial charge in [0.1, 0.15) is 5.76 Å². The minimum absolute atomic E-state index is 0.344. The Labute approximate surface area is 112 Å². The summed E-state index contributed by atoms with van der Waals surface area (Å²) in [7, 11) is 0. The molecule has 0 aliphatic rings. The highest BCUT2D eigenvalue weighted by Gasteiger charge is 2.09. The molecule has 0 N–H and O–H groups in total. The highest BCUT2D eigenvalue weighted by molar-refractivity contribution is 9.10. The van der Waals surface area contributed by atoms with Crippen LogP contribution in [0, 0.1) is 0 Å². The molecule has 0 saturated heterocycles. The van der Waals surface area contributed by atoms with E-state index in [2.05, 4.69) is 15.9 Å². The minimum Gasteiger partial charge on any atom is -0.453 e. The van der Waals surface area contributed by atoms with E-state index in [-0.39, 0.29) is 0 Å². The first-order chi connectivity index (χ1) is 8.79. The van der Waals surface area contributed by atoms with Crippen LogP contribution in [0.2, 0.25) is 0 Å². The smallest absolute Gasteiger partial charge is 0.185 e. The van der Waals surface area contributed by atoms with Crippen molar-refractivity contribution >= 4 is 33.0 Å². The zero-order valence-corrected chi connectivity index (χ0v) is 11.0. The molecule has 1 aromatic heterocycles. The number of aldehydes is 1. The minimum atomic E-state index is 0.344. The van der Waals surface area contributed by atoms with Crippen molar-refractivity contribution in [2.75, 3.05) is 0 Å². The van der Waals surface area contributed by atoms with Crippen molar-refractivity contribution in [1.82, 2.24) is 0 Å². The molecule has 3 rings (SSSR count). The topological polar surface area (TPSA) is 30.2 Å². The normalized spacial score (nSPS) is 10.7. The van der Waals surface area contributed by atoms with Gasteiger partial charge >= 0.3 is 0 Å². The van der Waals surface area contributed by atoms with E-state index >= 15 is 0 Å². The van der Waals surface area contributed by atoms with Gasteiger partial charge in [0, 0.05) is 10.0 Å². The molecule has 3 aromatic rings. The summed E-state index contributed by atoms with van der Waals surface area (Å²) in [5.41, 5.74) is 0.988. The van der Waals surface area contributed by atoms with E-state index in [9.17, 15) is 4.79 Å². The van der Waals surface area contributed by atoms with E-state index in [0.29, 0.717) is 17.8 Å². The maximum atomic E-state index is 10.7. The molecular formula is C15H9BrO2. The predicted molar refractivity (Wildman–Crippen MR) is 74.7 cm³/mol. The number of furan rings is 1. The van der Waals surface area contributed by atoms with Crippen LogP contribution in [-0.2, 0) is 0 Å². The Morgan fingerprint density at radius 2 is 1.72 bits per heavy atom. The third-order valence-corrected chi connectivity index (χ3v) is 3.57. The Bertz CT molecular complexity index is 728. The molecule has 1 heterocycles. The first kappa shape index (κ1) is 11.2. The van der Waals surface area contributed by atoms with Gasteiger partial charge in [-0.05, 0) is 29.0 Å². The van der Waals surface area contributed by atoms with Crippen molar-refractivity contribution in [2.24, 2.45) is 0 Å². The average Bonchev–Trinajstić information content (AvgIpc) is 2.87. The standard InChI is InChI=1S/C15H9BrO2/c16-14-6-2-3-11-12(14)4-1-5-13(11)15-8-7-10(9-17)18-15/h1-9H. The second kappa shape index (κ2) is 4.42. The number of fused-ring (bicyclic) bond motifs is 1. The second-order valence-corrected chi connectivity index (χ2v) is 4.81. The van der Waals surface area contributed by atoms with Crippen molar-refractivity contribution in [2.45, 2.75) is 0 Å². The fourth-order valence-electron chi connectivity index (χ4n) is 2.05. The summed E-state index contributed by atoms with van der Waals surface area (Å²) < 4.78 is 6.53. The Kier molecular flexibility index (Phi) is 2.76. The van der Waals surface area contributed by atoms with Gasteiger partial charge in [0.05, 0.1) is 0 Å². The lowest BCUT2D eigenvalue weighted by atomic mass is 10.0. The highest BCUT2D eigenvalue weighted by atomic mass is 79.9. The summed E-state index contributed by atoms with van der Waals surface area (Å²) in [5.74, 6) is 1.05. The van der Waals surface area contributed by atoms with Crippen molar-refractivity contribution in [3.8, 4) is 11.3 Å². The summed E-state index contributed by atoms with van der Waals surface area (Å²) >= 11 is 3.54. The van der Waals surface area contributed by atoms with Crippen LogP contribution >= 0.6 is 15.9 Å². The maximum absolute atomic E-state index is 10.7. The van der Waals surface area contributed by atoms with Crippen LogP contribution in [-0.4, -0.2) is 6.29 Å². The largest absolute Gasteiger partial charge is 0.453 e. The van der Waals surface area contributed by atoms with Gasteiger partial charge in [-0.15, -0.1) is 0 Å². The number of benzene rings is 2. The molecule has 2 nitrogen and oxygen atoms in total. The molecule has 0 amide bonds. The van der Waals surface area contributed by atoms with Gasteiger partial charge in [-0.25, -0.2) is 0 Å². The summed E-state index contributed by atoms with van der Waals surface area (Å²) in [6, 6.07) is 15.5. The van der Waals surface area contributed by atoms with Crippen LogP contribution in [0.25, 0.3) is 22.1 Å². The lowest BCUT2D eigenvalue weighted by Crippen LogP contribution is -1.80. The van der Waals surface area contributed by atoms with E-state index in [1.807, 2.05) is 42.5 Å². The van der Waals surface area contributed by atoms with E-state index < -0.39 is 0 Å². The molecule has 88 valence electrons. The maximum Gasteiger partial charge on any atom is 0.185 e. The number of halogens is 1.